The highest BCUT2D eigenvalue weighted by molar-refractivity contribution is 8.78. The molecule has 0 fully saturated rings. The van der Waals surface area contributed by atoms with Crippen LogP contribution in [0.1, 0.15) is 4.88 Å². The molecule has 2 aliphatic heterocycles. The van der Waals surface area contributed by atoms with Crippen LogP contribution in [0.5, 0.6) is 5.75 Å². The molecule has 24 heavy (non-hydrogen) atoms. The molecule has 0 amide bonds. The van der Waals surface area contributed by atoms with Gasteiger partial charge < -0.3 is 9.47 Å². The number of ether oxygens (including phenoxy) is 2. The van der Waals surface area contributed by atoms with Gasteiger partial charge in [0.2, 0.25) is 0 Å². The number of hydrogen-bond acceptors (Lipinski definition) is 6. The fourth-order valence-corrected chi connectivity index (χ4v) is 9.62. The van der Waals surface area contributed by atoms with E-state index in [9.17, 15) is 0 Å². The van der Waals surface area contributed by atoms with Crippen LogP contribution in [0.4, 0.5) is 0 Å². The van der Waals surface area contributed by atoms with Crippen LogP contribution in [-0.4, -0.2) is 19.5 Å². The van der Waals surface area contributed by atoms with Crippen molar-refractivity contribution in [1.29, 1.82) is 0 Å². The van der Waals surface area contributed by atoms with Crippen LogP contribution in [0.3, 0.4) is 0 Å². The predicted molar refractivity (Wildman–Crippen MR) is 108 cm³/mol. The molecule has 122 valence electrons. The zero-order valence-electron chi connectivity index (χ0n) is 13.1. The van der Waals surface area contributed by atoms with Crippen LogP contribution in [0.2, 0.25) is 0 Å². The molecule has 0 radical (unpaired) electrons. The van der Waals surface area contributed by atoms with Gasteiger partial charge in [0.15, 0.2) is 0 Å². The maximum Gasteiger partial charge on any atom is 0.119 e. The summed E-state index contributed by atoms with van der Waals surface area (Å²) in [6.45, 7) is 0. The maximum atomic E-state index is 5.44. The van der Waals surface area contributed by atoms with Crippen LogP contribution in [-0.2, 0) is 4.74 Å². The first-order chi connectivity index (χ1) is 11.8. The summed E-state index contributed by atoms with van der Waals surface area (Å²) in [5.41, 5.74) is 0. The van der Waals surface area contributed by atoms with E-state index in [0.717, 1.165) is 11.5 Å². The first-order valence-corrected chi connectivity index (χ1v) is 11.4. The number of thiophene rings is 1. The quantitative estimate of drug-likeness (QED) is 0.570. The number of fused-ring (bicyclic) bond motifs is 6. The van der Waals surface area contributed by atoms with Gasteiger partial charge in [-0.05, 0) is 30.4 Å². The Morgan fingerprint density at radius 3 is 2.83 bits per heavy atom. The second-order valence-electron chi connectivity index (χ2n) is 5.72. The van der Waals surface area contributed by atoms with Gasteiger partial charge in [0.25, 0.3) is 0 Å². The van der Waals surface area contributed by atoms with E-state index in [4.69, 9.17) is 9.47 Å². The molecule has 0 bridgehead atoms. The molecule has 2 aromatic rings. The van der Waals surface area contributed by atoms with Gasteiger partial charge in [0.05, 0.1) is 19.1 Å². The standard InChI is InChI=1S/C18H14O2S4/c1-19-9-3-5-13-11(7-9)15-17(21-13)18-16(24-23-15)12-8-10(20-2)4-6-14(12)22-18/h3-8,11,13H,1-2H3. The van der Waals surface area contributed by atoms with Crippen molar-refractivity contribution >= 4 is 59.7 Å². The Hall–Kier alpha value is -0.950. The smallest absolute Gasteiger partial charge is 0.119 e. The van der Waals surface area contributed by atoms with Crippen molar-refractivity contribution in [2.75, 3.05) is 14.2 Å². The zero-order valence-corrected chi connectivity index (χ0v) is 16.3. The molecule has 0 saturated carbocycles. The fourth-order valence-electron chi connectivity index (χ4n) is 3.21. The summed E-state index contributed by atoms with van der Waals surface area (Å²) in [6.07, 6.45) is 6.66. The van der Waals surface area contributed by atoms with Crippen molar-refractivity contribution in [2.24, 2.45) is 5.92 Å². The van der Waals surface area contributed by atoms with Gasteiger partial charge in [-0.25, -0.2) is 0 Å². The van der Waals surface area contributed by atoms with Crippen molar-refractivity contribution < 1.29 is 9.47 Å². The van der Waals surface area contributed by atoms with E-state index in [1.54, 1.807) is 14.2 Å². The molecule has 5 rings (SSSR count). The first kappa shape index (κ1) is 15.3. The van der Waals surface area contributed by atoms with Gasteiger partial charge in [-0.15, -0.1) is 23.1 Å². The third-order valence-electron chi connectivity index (χ3n) is 4.43. The highest BCUT2D eigenvalue weighted by Crippen LogP contribution is 2.64. The Morgan fingerprint density at radius 1 is 1.08 bits per heavy atom. The van der Waals surface area contributed by atoms with Crippen LogP contribution in [0.25, 0.3) is 15.0 Å². The molecule has 0 spiro atoms. The third kappa shape index (κ3) is 2.20. The Labute approximate surface area is 156 Å². The summed E-state index contributed by atoms with van der Waals surface area (Å²) < 4.78 is 12.2. The minimum atomic E-state index is 0.440. The molecular weight excluding hydrogens is 376 g/mol. The van der Waals surface area contributed by atoms with Crippen LogP contribution in [0, 0.1) is 5.92 Å². The Kier molecular flexibility index (Phi) is 3.70. The monoisotopic (exact) mass is 390 g/mol. The number of thioether (sulfide) groups is 1. The molecule has 3 aliphatic rings. The van der Waals surface area contributed by atoms with E-state index < -0.39 is 0 Å². The largest absolute Gasteiger partial charge is 0.497 e. The highest BCUT2D eigenvalue weighted by Gasteiger charge is 2.40. The number of hydrogen-bond donors (Lipinski definition) is 0. The molecule has 0 N–H and O–H groups in total. The zero-order chi connectivity index (χ0) is 16.3. The van der Waals surface area contributed by atoms with E-state index in [1.807, 2.05) is 44.7 Å². The summed E-state index contributed by atoms with van der Waals surface area (Å²) in [7, 11) is 7.28. The lowest BCUT2D eigenvalue weighted by Gasteiger charge is -2.20. The normalized spacial score (nSPS) is 24.5. The topological polar surface area (TPSA) is 18.5 Å². The minimum absolute atomic E-state index is 0.440. The Bertz CT molecular complexity index is 938. The summed E-state index contributed by atoms with van der Waals surface area (Å²) in [6, 6.07) is 6.40. The minimum Gasteiger partial charge on any atom is -0.497 e. The second-order valence-corrected chi connectivity index (χ2v) is 10.1. The molecule has 1 aromatic carbocycles. The van der Waals surface area contributed by atoms with Crippen molar-refractivity contribution in [3.05, 3.63) is 52.0 Å². The van der Waals surface area contributed by atoms with Crippen molar-refractivity contribution in [1.82, 2.24) is 0 Å². The van der Waals surface area contributed by atoms with Gasteiger partial charge in [-0.2, -0.15) is 0 Å². The number of rotatable bonds is 2. The average molecular weight is 391 g/mol. The van der Waals surface area contributed by atoms with Crippen molar-refractivity contribution in [2.45, 2.75) is 10.1 Å². The van der Waals surface area contributed by atoms with Gasteiger partial charge >= 0.3 is 0 Å². The number of allylic oxidation sites excluding steroid dienone is 3. The first-order valence-electron chi connectivity index (χ1n) is 7.59. The lowest BCUT2D eigenvalue weighted by molar-refractivity contribution is 0.302. The molecule has 2 unspecified atom stereocenters. The van der Waals surface area contributed by atoms with Gasteiger partial charge in [-0.1, -0.05) is 27.7 Å². The fraction of sp³-hybridized carbons (Fsp3) is 0.222. The molecule has 1 aliphatic carbocycles. The van der Waals surface area contributed by atoms with Gasteiger partial charge in [0.1, 0.15) is 11.5 Å². The summed E-state index contributed by atoms with van der Waals surface area (Å²) in [5.74, 6) is 2.34. The third-order valence-corrected chi connectivity index (χ3v) is 10.0. The second kappa shape index (κ2) is 5.80. The van der Waals surface area contributed by atoms with Crippen molar-refractivity contribution in [3.63, 3.8) is 0 Å². The van der Waals surface area contributed by atoms with Crippen molar-refractivity contribution in [3.8, 4) is 5.75 Å². The number of benzene rings is 1. The maximum absolute atomic E-state index is 5.44. The summed E-state index contributed by atoms with van der Waals surface area (Å²) >= 11 is 3.90. The van der Waals surface area contributed by atoms with E-state index in [-0.39, 0.29) is 0 Å². The highest BCUT2D eigenvalue weighted by atomic mass is 33.1. The predicted octanol–water partition coefficient (Wildman–Crippen LogP) is 6.16. The van der Waals surface area contributed by atoms with E-state index in [1.165, 1.54) is 29.7 Å². The van der Waals surface area contributed by atoms with E-state index in [2.05, 4.69) is 36.4 Å². The Balaban J connectivity index is 1.64. The van der Waals surface area contributed by atoms with E-state index >= 15 is 0 Å². The van der Waals surface area contributed by atoms with E-state index in [0.29, 0.717) is 11.2 Å². The van der Waals surface area contributed by atoms with Gasteiger partial charge in [0, 0.05) is 36.0 Å². The molecule has 1 aromatic heterocycles. The van der Waals surface area contributed by atoms with Crippen LogP contribution < -0.4 is 4.74 Å². The molecule has 0 saturated heterocycles. The summed E-state index contributed by atoms with van der Waals surface area (Å²) in [4.78, 5) is 5.77. The molecule has 3 heterocycles. The van der Waals surface area contributed by atoms with Gasteiger partial charge in [-0.3, -0.25) is 0 Å². The number of methoxy groups -OCH3 is 2. The molecule has 2 atom stereocenters. The summed E-state index contributed by atoms with van der Waals surface area (Å²) in [5, 5.41) is 1.81. The Morgan fingerprint density at radius 2 is 2.00 bits per heavy atom. The van der Waals surface area contributed by atoms with Crippen LogP contribution >= 0.6 is 44.7 Å². The van der Waals surface area contributed by atoms with Crippen LogP contribution in [0.15, 0.2) is 52.0 Å². The average Bonchev–Trinajstić information content (AvgIpc) is 3.18. The molecule has 6 heteroatoms. The lowest BCUT2D eigenvalue weighted by Crippen LogP contribution is -2.13. The molecular formula is C18H14O2S4. The SMILES string of the molecule is COC1=CC2C3=C(SC2C=C1)c1sc2ccc(OC)cc2c1SS3. The molecule has 2 nitrogen and oxygen atoms in total. The lowest BCUT2D eigenvalue weighted by atomic mass is 9.98.